The predicted molar refractivity (Wildman–Crippen MR) is 124 cm³/mol. The second kappa shape index (κ2) is 9.06. The lowest BCUT2D eigenvalue weighted by Crippen LogP contribution is -2.38. The predicted octanol–water partition coefficient (Wildman–Crippen LogP) is 6.49. The molecule has 0 spiro atoms. The van der Waals surface area contributed by atoms with Gasteiger partial charge in [0.2, 0.25) is 0 Å². The molecule has 1 aliphatic heterocycles. The molecule has 5 heteroatoms. The molecule has 0 radical (unpaired) electrons. The van der Waals surface area contributed by atoms with E-state index < -0.39 is 12.9 Å². The van der Waals surface area contributed by atoms with Gasteiger partial charge < -0.3 is 4.57 Å². The van der Waals surface area contributed by atoms with Crippen LogP contribution in [0.5, 0.6) is 0 Å². The van der Waals surface area contributed by atoms with E-state index in [2.05, 4.69) is 4.90 Å². The van der Waals surface area contributed by atoms with E-state index in [9.17, 15) is 0 Å². The molecule has 0 amide bonds. The summed E-state index contributed by atoms with van der Waals surface area (Å²) in [5.74, 6) is -0.395. The van der Waals surface area contributed by atoms with Crippen LogP contribution in [0.2, 0.25) is 10.0 Å². The van der Waals surface area contributed by atoms with Crippen molar-refractivity contribution >= 4 is 41.0 Å². The van der Waals surface area contributed by atoms with Gasteiger partial charge in [-0.2, -0.15) is 0 Å². The first-order valence-electron chi connectivity index (χ1n) is 10.0. The van der Waals surface area contributed by atoms with Crippen LogP contribution in [-0.4, -0.2) is 18.0 Å². The maximum absolute atomic E-state index is 15.2. The van der Waals surface area contributed by atoms with Crippen LogP contribution in [0.4, 0.5) is 0 Å². The van der Waals surface area contributed by atoms with Crippen LogP contribution in [-0.2, 0) is 4.57 Å². The molecular weight excluding hydrogens is 420 g/mol. The molecule has 1 aliphatic rings. The summed E-state index contributed by atoms with van der Waals surface area (Å²) in [5.41, 5.74) is 0.772. The van der Waals surface area contributed by atoms with Gasteiger partial charge in [0.25, 0.3) is 0 Å². The highest BCUT2D eigenvalue weighted by Gasteiger charge is 2.43. The molecule has 0 aliphatic carbocycles. The van der Waals surface area contributed by atoms with Crippen molar-refractivity contribution in [1.82, 2.24) is 4.90 Å². The molecule has 1 fully saturated rings. The molecule has 0 aromatic heterocycles. The van der Waals surface area contributed by atoms with Gasteiger partial charge >= 0.3 is 0 Å². The topological polar surface area (TPSA) is 20.3 Å². The first-order valence-corrected chi connectivity index (χ1v) is 12.5. The Morgan fingerprint density at radius 2 is 1.17 bits per heavy atom. The minimum atomic E-state index is -3.12. The molecule has 0 N–H and O–H groups in total. The highest BCUT2D eigenvalue weighted by Crippen LogP contribution is 2.61. The Bertz CT molecular complexity index is 940. The molecule has 2 nitrogen and oxygen atoms in total. The van der Waals surface area contributed by atoms with Gasteiger partial charge in [0.05, 0.1) is 5.78 Å². The third-order valence-corrected chi connectivity index (χ3v) is 9.68. The van der Waals surface area contributed by atoms with Crippen molar-refractivity contribution in [2.75, 3.05) is 13.1 Å². The van der Waals surface area contributed by atoms with E-state index in [-0.39, 0.29) is 0 Å². The standard InChI is InChI=1S/C24H24Cl2NOP/c25-21-15-10-16-22(26)23(21)24(27-17-8-3-9-18-27)29(28,19-11-4-1-5-12-19)20-13-6-2-7-14-20/h1-2,4-7,10-16,24H,3,8-9,17-18H2. The fourth-order valence-corrected chi connectivity index (χ4v) is 8.43. The van der Waals surface area contributed by atoms with Crippen LogP contribution in [0.3, 0.4) is 0 Å². The number of rotatable bonds is 5. The fourth-order valence-electron chi connectivity index (χ4n) is 4.25. The lowest BCUT2D eigenvalue weighted by atomic mass is 10.1. The highest BCUT2D eigenvalue weighted by molar-refractivity contribution is 7.79. The molecule has 1 atom stereocenters. The van der Waals surface area contributed by atoms with E-state index in [1.165, 1.54) is 6.42 Å². The summed E-state index contributed by atoms with van der Waals surface area (Å²) in [7, 11) is -3.12. The van der Waals surface area contributed by atoms with E-state index in [0.29, 0.717) is 10.0 Å². The fraction of sp³-hybridized carbons (Fsp3) is 0.250. The van der Waals surface area contributed by atoms with Crippen LogP contribution < -0.4 is 10.6 Å². The van der Waals surface area contributed by atoms with Crippen molar-refractivity contribution in [3.63, 3.8) is 0 Å². The van der Waals surface area contributed by atoms with Crippen LogP contribution >= 0.6 is 30.3 Å². The summed E-state index contributed by atoms with van der Waals surface area (Å²) < 4.78 is 15.2. The zero-order valence-corrected chi connectivity index (χ0v) is 18.6. The maximum Gasteiger partial charge on any atom is 0.163 e. The third kappa shape index (κ3) is 4.05. The second-order valence-electron chi connectivity index (χ2n) is 7.43. The van der Waals surface area contributed by atoms with Crippen molar-refractivity contribution in [2.45, 2.75) is 25.0 Å². The molecule has 4 rings (SSSR count). The van der Waals surface area contributed by atoms with Gasteiger partial charge in [-0.25, -0.2) is 0 Å². The summed E-state index contributed by atoms with van der Waals surface area (Å²) in [6.07, 6.45) is 3.37. The summed E-state index contributed by atoms with van der Waals surface area (Å²) in [6, 6.07) is 25.1. The van der Waals surface area contributed by atoms with E-state index in [4.69, 9.17) is 23.2 Å². The first-order chi connectivity index (χ1) is 14.1. The summed E-state index contributed by atoms with van der Waals surface area (Å²) in [5, 5.41) is 2.80. The molecule has 150 valence electrons. The minimum Gasteiger partial charge on any atom is -0.312 e. The summed E-state index contributed by atoms with van der Waals surface area (Å²) in [6.45, 7) is 1.77. The van der Waals surface area contributed by atoms with Crippen LogP contribution in [0, 0.1) is 0 Å². The molecule has 1 saturated heterocycles. The lowest BCUT2D eigenvalue weighted by Gasteiger charge is -2.40. The summed E-state index contributed by atoms with van der Waals surface area (Å²) in [4.78, 5) is 2.33. The van der Waals surface area contributed by atoms with Gasteiger partial charge in [-0.15, -0.1) is 0 Å². The molecule has 3 aromatic rings. The second-order valence-corrected chi connectivity index (χ2v) is 11.1. The Balaban J connectivity index is 2.00. The van der Waals surface area contributed by atoms with Crippen molar-refractivity contribution < 1.29 is 4.57 Å². The van der Waals surface area contributed by atoms with Gasteiger partial charge in [0.1, 0.15) is 0 Å². The van der Waals surface area contributed by atoms with E-state index in [1.54, 1.807) is 0 Å². The van der Waals surface area contributed by atoms with Gasteiger partial charge in [0.15, 0.2) is 7.14 Å². The lowest BCUT2D eigenvalue weighted by molar-refractivity contribution is 0.208. The zero-order valence-electron chi connectivity index (χ0n) is 16.2. The normalized spacial score (nSPS) is 16.5. The van der Waals surface area contributed by atoms with Crippen LogP contribution in [0.1, 0.15) is 30.6 Å². The van der Waals surface area contributed by atoms with Crippen LogP contribution in [0.25, 0.3) is 0 Å². The van der Waals surface area contributed by atoms with Gasteiger partial charge in [-0.3, -0.25) is 4.90 Å². The maximum atomic E-state index is 15.2. The molecule has 0 saturated carbocycles. The number of likely N-dealkylation sites (tertiary alicyclic amines) is 1. The molecule has 3 aromatic carbocycles. The summed E-state index contributed by atoms with van der Waals surface area (Å²) >= 11 is 13.4. The molecule has 1 unspecified atom stereocenters. The van der Waals surface area contributed by atoms with Gasteiger partial charge in [-0.1, -0.05) is 96.4 Å². The number of piperidine rings is 1. The van der Waals surface area contributed by atoms with Crippen molar-refractivity contribution in [3.8, 4) is 0 Å². The smallest absolute Gasteiger partial charge is 0.163 e. The monoisotopic (exact) mass is 443 g/mol. The first kappa shape index (κ1) is 20.7. The number of hydrogen-bond acceptors (Lipinski definition) is 2. The zero-order chi connectivity index (χ0) is 20.3. The van der Waals surface area contributed by atoms with E-state index in [1.807, 2.05) is 78.9 Å². The van der Waals surface area contributed by atoms with Crippen molar-refractivity contribution in [3.05, 3.63) is 94.5 Å². The van der Waals surface area contributed by atoms with Crippen molar-refractivity contribution in [2.24, 2.45) is 0 Å². The van der Waals surface area contributed by atoms with Gasteiger partial charge in [-0.05, 0) is 38.1 Å². The largest absolute Gasteiger partial charge is 0.312 e. The Labute approximate surface area is 182 Å². The Kier molecular flexibility index (Phi) is 6.47. The Hall–Kier alpha value is -1.57. The molecular formula is C24H24Cl2NOP. The average molecular weight is 444 g/mol. The Morgan fingerprint density at radius 1 is 0.690 bits per heavy atom. The van der Waals surface area contributed by atoms with Gasteiger partial charge in [0, 0.05) is 26.2 Å². The molecule has 0 bridgehead atoms. The molecule has 29 heavy (non-hydrogen) atoms. The number of hydrogen-bond donors (Lipinski definition) is 0. The highest BCUT2D eigenvalue weighted by atomic mass is 35.5. The molecule has 1 heterocycles. The minimum absolute atomic E-state index is 0.395. The third-order valence-electron chi connectivity index (χ3n) is 5.62. The average Bonchev–Trinajstić information content (AvgIpc) is 2.78. The number of halogens is 2. The van der Waals surface area contributed by atoms with E-state index in [0.717, 1.165) is 42.1 Å². The Morgan fingerprint density at radius 3 is 1.66 bits per heavy atom. The van der Waals surface area contributed by atoms with Crippen molar-refractivity contribution in [1.29, 1.82) is 0 Å². The number of benzene rings is 3. The van der Waals surface area contributed by atoms with Crippen LogP contribution in [0.15, 0.2) is 78.9 Å². The SMILES string of the molecule is O=P(c1ccccc1)(c1ccccc1)C(c1c(Cl)cccc1Cl)N1CCCCC1. The number of nitrogens with zero attached hydrogens (tertiary/aromatic N) is 1. The van der Waals surface area contributed by atoms with E-state index >= 15 is 4.57 Å². The quantitative estimate of drug-likeness (QED) is 0.419.